The molecule has 1 heterocycles. The summed E-state index contributed by atoms with van der Waals surface area (Å²) in [5.41, 5.74) is 0. The van der Waals surface area contributed by atoms with E-state index in [2.05, 4.69) is 39.5 Å². The summed E-state index contributed by atoms with van der Waals surface area (Å²) in [6, 6.07) is 0. The van der Waals surface area contributed by atoms with E-state index in [1.807, 2.05) is 0 Å². The summed E-state index contributed by atoms with van der Waals surface area (Å²) in [5.74, 6) is 3.48. The third-order valence-corrected chi connectivity index (χ3v) is 4.14. The highest BCUT2D eigenvalue weighted by molar-refractivity contribution is 9.09. The Balaban J connectivity index is 2.03. The van der Waals surface area contributed by atoms with Crippen LogP contribution in [0, 0.1) is 5.92 Å². The lowest BCUT2D eigenvalue weighted by atomic mass is 10.2. The van der Waals surface area contributed by atoms with Crippen LogP contribution in [0.5, 0.6) is 0 Å². The van der Waals surface area contributed by atoms with Crippen LogP contribution >= 0.6 is 27.7 Å². The average Bonchev–Trinajstić information content (AvgIpc) is 2.53. The number of likely N-dealkylation sites (tertiary alicyclic amines) is 1. The van der Waals surface area contributed by atoms with Gasteiger partial charge in [-0.2, -0.15) is 11.8 Å². The molecule has 1 unspecified atom stereocenters. The minimum Gasteiger partial charge on any atom is -0.302 e. The van der Waals surface area contributed by atoms with Crippen LogP contribution in [-0.2, 0) is 0 Å². The quantitative estimate of drug-likeness (QED) is 0.546. The third-order valence-electron chi connectivity index (χ3n) is 2.34. The predicted molar refractivity (Wildman–Crippen MR) is 61.3 cm³/mol. The first kappa shape index (κ1) is 10.9. The van der Waals surface area contributed by atoms with Gasteiger partial charge in [0.25, 0.3) is 0 Å². The van der Waals surface area contributed by atoms with Gasteiger partial charge in [0.15, 0.2) is 0 Å². The van der Waals surface area contributed by atoms with Crippen molar-refractivity contribution in [2.24, 2.45) is 5.92 Å². The van der Waals surface area contributed by atoms with E-state index in [0.29, 0.717) is 0 Å². The van der Waals surface area contributed by atoms with E-state index >= 15 is 0 Å². The van der Waals surface area contributed by atoms with Gasteiger partial charge in [0, 0.05) is 24.2 Å². The maximum absolute atomic E-state index is 3.55. The van der Waals surface area contributed by atoms with Crippen molar-refractivity contribution in [3.8, 4) is 0 Å². The van der Waals surface area contributed by atoms with Gasteiger partial charge in [-0.05, 0) is 24.6 Å². The molecule has 0 aromatic carbocycles. The summed E-state index contributed by atoms with van der Waals surface area (Å²) in [7, 11) is 0. The Labute approximate surface area is 88.4 Å². The summed E-state index contributed by atoms with van der Waals surface area (Å²) in [6.07, 6.45) is 1.39. The van der Waals surface area contributed by atoms with Crippen LogP contribution in [0.25, 0.3) is 0 Å². The lowest BCUT2D eigenvalue weighted by Gasteiger charge is -2.14. The Morgan fingerprint density at radius 2 is 2.42 bits per heavy atom. The molecular weight excluding hydrogens is 234 g/mol. The Morgan fingerprint density at radius 1 is 1.58 bits per heavy atom. The SMILES string of the molecule is CCSCCN1CCC(CBr)C1. The molecule has 12 heavy (non-hydrogen) atoms. The Bertz CT molecular complexity index is 121. The lowest BCUT2D eigenvalue weighted by Crippen LogP contribution is -2.23. The van der Waals surface area contributed by atoms with Crippen LogP contribution in [0.2, 0.25) is 0 Å². The van der Waals surface area contributed by atoms with Crippen molar-refractivity contribution in [3.05, 3.63) is 0 Å². The molecule has 1 aliphatic heterocycles. The number of hydrogen-bond acceptors (Lipinski definition) is 2. The van der Waals surface area contributed by atoms with Crippen LogP contribution in [0.3, 0.4) is 0 Å². The zero-order chi connectivity index (χ0) is 8.81. The van der Waals surface area contributed by atoms with Gasteiger partial charge in [-0.25, -0.2) is 0 Å². The van der Waals surface area contributed by atoms with Gasteiger partial charge >= 0.3 is 0 Å². The average molecular weight is 252 g/mol. The third kappa shape index (κ3) is 3.67. The van der Waals surface area contributed by atoms with E-state index < -0.39 is 0 Å². The highest BCUT2D eigenvalue weighted by atomic mass is 79.9. The van der Waals surface area contributed by atoms with E-state index in [0.717, 1.165) is 5.92 Å². The second-order valence-corrected chi connectivity index (χ2v) is 5.35. The molecule has 0 radical (unpaired) electrons. The Hall–Kier alpha value is 0.790. The van der Waals surface area contributed by atoms with E-state index in [-0.39, 0.29) is 0 Å². The van der Waals surface area contributed by atoms with Gasteiger partial charge in [-0.15, -0.1) is 0 Å². The monoisotopic (exact) mass is 251 g/mol. The molecule has 0 aliphatic carbocycles. The number of alkyl halides is 1. The molecular formula is C9H18BrNS. The summed E-state index contributed by atoms with van der Waals surface area (Å²) >= 11 is 5.60. The molecule has 0 spiro atoms. The molecule has 1 rings (SSSR count). The van der Waals surface area contributed by atoms with Gasteiger partial charge in [-0.3, -0.25) is 0 Å². The maximum atomic E-state index is 3.55. The van der Waals surface area contributed by atoms with Gasteiger partial charge in [0.1, 0.15) is 0 Å². The second-order valence-electron chi connectivity index (χ2n) is 3.31. The van der Waals surface area contributed by atoms with Crippen molar-refractivity contribution < 1.29 is 0 Å². The van der Waals surface area contributed by atoms with E-state index in [4.69, 9.17) is 0 Å². The zero-order valence-corrected chi connectivity index (χ0v) is 10.2. The number of hydrogen-bond donors (Lipinski definition) is 0. The first-order valence-corrected chi connectivity index (χ1v) is 7.00. The fraction of sp³-hybridized carbons (Fsp3) is 1.00. The highest BCUT2D eigenvalue weighted by Gasteiger charge is 2.20. The number of nitrogens with zero attached hydrogens (tertiary/aromatic N) is 1. The summed E-state index contributed by atoms with van der Waals surface area (Å²) < 4.78 is 0. The minimum absolute atomic E-state index is 0.914. The van der Waals surface area contributed by atoms with Crippen LogP contribution in [0.4, 0.5) is 0 Å². The summed E-state index contributed by atoms with van der Waals surface area (Å²) in [4.78, 5) is 2.59. The van der Waals surface area contributed by atoms with Crippen molar-refractivity contribution in [1.82, 2.24) is 4.90 Å². The van der Waals surface area contributed by atoms with E-state index in [1.165, 1.54) is 42.9 Å². The molecule has 1 fully saturated rings. The minimum atomic E-state index is 0.914. The maximum Gasteiger partial charge on any atom is 0.00725 e. The van der Waals surface area contributed by atoms with Crippen LogP contribution in [0.1, 0.15) is 13.3 Å². The van der Waals surface area contributed by atoms with Crippen LogP contribution < -0.4 is 0 Å². The fourth-order valence-electron chi connectivity index (χ4n) is 1.58. The molecule has 1 saturated heterocycles. The molecule has 0 N–H and O–H groups in total. The van der Waals surface area contributed by atoms with Gasteiger partial charge < -0.3 is 4.90 Å². The molecule has 0 bridgehead atoms. The highest BCUT2D eigenvalue weighted by Crippen LogP contribution is 2.18. The first-order valence-electron chi connectivity index (χ1n) is 4.73. The number of halogens is 1. The van der Waals surface area contributed by atoms with E-state index in [1.54, 1.807) is 0 Å². The first-order chi connectivity index (χ1) is 5.86. The standard InChI is InChI=1S/C9H18BrNS/c1-2-12-6-5-11-4-3-9(7-10)8-11/h9H,2-8H2,1H3. The topological polar surface area (TPSA) is 3.24 Å². The van der Waals surface area contributed by atoms with Gasteiger partial charge in [-0.1, -0.05) is 22.9 Å². The van der Waals surface area contributed by atoms with Crippen molar-refractivity contribution in [3.63, 3.8) is 0 Å². The molecule has 0 amide bonds. The van der Waals surface area contributed by atoms with Gasteiger partial charge in [0.05, 0.1) is 0 Å². The molecule has 3 heteroatoms. The van der Waals surface area contributed by atoms with Crippen molar-refractivity contribution >= 4 is 27.7 Å². The molecule has 1 nitrogen and oxygen atoms in total. The molecule has 0 saturated carbocycles. The molecule has 0 aromatic rings. The van der Waals surface area contributed by atoms with E-state index in [9.17, 15) is 0 Å². The fourth-order valence-corrected chi connectivity index (χ4v) is 2.78. The molecule has 72 valence electrons. The molecule has 0 aromatic heterocycles. The predicted octanol–water partition coefficient (Wildman–Crippen LogP) is 2.46. The summed E-state index contributed by atoms with van der Waals surface area (Å²) in [5, 5.41) is 1.18. The Morgan fingerprint density at radius 3 is 3.00 bits per heavy atom. The van der Waals surface area contributed by atoms with Crippen molar-refractivity contribution in [2.75, 3.05) is 36.5 Å². The number of rotatable bonds is 5. The van der Waals surface area contributed by atoms with Crippen LogP contribution in [0.15, 0.2) is 0 Å². The smallest absolute Gasteiger partial charge is 0.00725 e. The molecule has 1 atom stereocenters. The van der Waals surface area contributed by atoms with Crippen molar-refractivity contribution in [1.29, 1.82) is 0 Å². The normalized spacial score (nSPS) is 25.0. The van der Waals surface area contributed by atoms with Gasteiger partial charge in [0.2, 0.25) is 0 Å². The largest absolute Gasteiger partial charge is 0.302 e. The summed E-state index contributed by atoms with van der Waals surface area (Å²) in [6.45, 7) is 6.16. The van der Waals surface area contributed by atoms with Crippen LogP contribution in [-0.4, -0.2) is 41.4 Å². The molecule has 1 aliphatic rings. The Kier molecular flexibility index (Phi) is 5.68. The second kappa shape index (κ2) is 6.28. The zero-order valence-electron chi connectivity index (χ0n) is 7.76. The lowest BCUT2D eigenvalue weighted by molar-refractivity contribution is 0.350. The number of thioether (sulfide) groups is 1. The van der Waals surface area contributed by atoms with Crippen molar-refractivity contribution in [2.45, 2.75) is 13.3 Å².